The highest BCUT2D eigenvalue weighted by Gasteiger charge is 2.14. The lowest BCUT2D eigenvalue weighted by molar-refractivity contribution is 0.102. The van der Waals surface area contributed by atoms with Crippen molar-refractivity contribution in [3.05, 3.63) is 34.6 Å². The van der Waals surface area contributed by atoms with Crippen LogP contribution in [0, 0.1) is 12.7 Å². The van der Waals surface area contributed by atoms with E-state index in [-0.39, 0.29) is 10.7 Å². The lowest BCUT2D eigenvalue weighted by Crippen LogP contribution is -2.12. The number of aryl methyl sites for hydroxylation is 1. The Balaban J connectivity index is 2.13. The van der Waals surface area contributed by atoms with Crippen LogP contribution < -0.4 is 10.6 Å². The number of halogens is 1. The molecule has 0 saturated carbocycles. The molecule has 0 aliphatic rings. The van der Waals surface area contributed by atoms with Crippen LogP contribution in [0.5, 0.6) is 0 Å². The molecule has 2 rings (SSSR count). The molecule has 0 aliphatic heterocycles. The van der Waals surface area contributed by atoms with Crippen molar-refractivity contribution in [2.24, 2.45) is 0 Å². The lowest BCUT2D eigenvalue weighted by atomic mass is 10.2. The largest absolute Gasteiger partial charge is 0.360 e. The van der Waals surface area contributed by atoms with Crippen molar-refractivity contribution in [2.75, 3.05) is 17.2 Å². The molecule has 0 aliphatic carbocycles. The van der Waals surface area contributed by atoms with Crippen molar-refractivity contribution in [1.82, 2.24) is 10.2 Å². The molecule has 7 heteroatoms. The number of benzene rings is 1. The molecule has 1 aromatic carbocycles. The molecule has 0 fully saturated rings. The molecular formula is C12H13FN4OS. The molecule has 0 saturated heterocycles. The molecule has 0 radical (unpaired) electrons. The molecule has 1 heterocycles. The van der Waals surface area contributed by atoms with E-state index >= 15 is 0 Å². The number of amides is 1. The Morgan fingerprint density at radius 2 is 2.21 bits per heavy atom. The number of carbonyl (C=O) groups is 1. The van der Waals surface area contributed by atoms with Gasteiger partial charge in [0.15, 0.2) is 0 Å². The zero-order valence-corrected chi connectivity index (χ0v) is 11.3. The summed E-state index contributed by atoms with van der Waals surface area (Å²) in [4.78, 5) is 11.9. The standard InChI is InChI=1S/C12H13FN4OS/c1-3-14-12-17-16-11(19-12)10(18)15-9-6-7(2)4-5-8(9)13/h4-6H,3H2,1-2H3,(H,14,17)(H,15,18). The Kier molecular flexibility index (Phi) is 4.06. The van der Waals surface area contributed by atoms with Crippen LogP contribution in [0.4, 0.5) is 15.2 Å². The van der Waals surface area contributed by atoms with E-state index in [0.717, 1.165) is 16.9 Å². The van der Waals surface area contributed by atoms with Gasteiger partial charge in [-0.05, 0) is 31.5 Å². The Labute approximate surface area is 113 Å². The summed E-state index contributed by atoms with van der Waals surface area (Å²) >= 11 is 1.13. The highest BCUT2D eigenvalue weighted by atomic mass is 32.1. The molecule has 19 heavy (non-hydrogen) atoms. The van der Waals surface area contributed by atoms with E-state index < -0.39 is 11.7 Å². The van der Waals surface area contributed by atoms with E-state index in [4.69, 9.17) is 0 Å². The molecule has 5 nitrogen and oxygen atoms in total. The van der Waals surface area contributed by atoms with E-state index in [1.807, 2.05) is 13.8 Å². The van der Waals surface area contributed by atoms with E-state index in [1.165, 1.54) is 6.07 Å². The van der Waals surface area contributed by atoms with Crippen LogP contribution >= 0.6 is 11.3 Å². The molecule has 0 bridgehead atoms. The second-order valence-electron chi connectivity index (χ2n) is 3.88. The minimum absolute atomic E-state index is 0.144. The first kappa shape index (κ1) is 13.4. The van der Waals surface area contributed by atoms with Gasteiger partial charge in [0, 0.05) is 6.54 Å². The quantitative estimate of drug-likeness (QED) is 0.903. The van der Waals surface area contributed by atoms with Gasteiger partial charge in [-0.2, -0.15) is 0 Å². The van der Waals surface area contributed by atoms with Crippen molar-refractivity contribution in [3.8, 4) is 0 Å². The molecule has 1 amide bonds. The van der Waals surface area contributed by atoms with Crippen LogP contribution in [0.25, 0.3) is 0 Å². The van der Waals surface area contributed by atoms with Crippen molar-refractivity contribution < 1.29 is 9.18 Å². The maximum absolute atomic E-state index is 13.5. The first-order valence-corrected chi connectivity index (χ1v) is 6.56. The SMILES string of the molecule is CCNc1nnc(C(=O)Nc2cc(C)ccc2F)s1. The monoisotopic (exact) mass is 280 g/mol. The summed E-state index contributed by atoms with van der Waals surface area (Å²) in [6, 6.07) is 4.52. The summed E-state index contributed by atoms with van der Waals surface area (Å²) in [5, 5.41) is 13.8. The molecular weight excluding hydrogens is 267 g/mol. The third-order valence-electron chi connectivity index (χ3n) is 2.32. The summed E-state index contributed by atoms with van der Waals surface area (Å²) < 4.78 is 13.5. The molecule has 0 spiro atoms. The molecule has 2 aromatic rings. The normalized spacial score (nSPS) is 10.3. The fourth-order valence-electron chi connectivity index (χ4n) is 1.45. The summed E-state index contributed by atoms with van der Waals surface area (Å²) in [7, 11) is 0. The summed E-state index contributed by atoms with van der Waals surface area (Å²) in [5.41, 5.74) is 1.01. The topological polar surface area (TPSA) is 66.9 Å². The van der Waals surface area contributed by atoms with Gasteiger partial charge in [-0.1, -0.05) is 17.4 Å². The van der Waals surface area contributed by atoms with Crippen molar-refractivity contribution in [1.29, 1.82) is 0 Å². The molecule has 100 valence electrons. The molecule has 0 atom stereocenters. The minimum atomic E-state index is -0.477. The van der Waals surface area contributed by atoms with Crippen LogP contribution in [0.3, 0.4) is 0 Å². The maximum atomic E-state index is 13.5. The van der Waals surface area contributed by atoms with Crippen LogP contribution in [0.1, 0.15) is 22.3 Å². The van der Waals surface area contributed by atoms with Gasteiger partial charge < -0.3 is 10.6 Å². The average molecular weight is 280 g/mol. The number of nitrogens with one attached hydrogen (secondary N) is 2. The zero-order valence-electron chi connectivity index (χ0n) is 10.5. The van der Waals surface area contributed by atoms with Crippen molar-refractivity contribution in [2.45, 2.75) is 13.8 Å². The van der Waals surface area contributed by atoms with Gasteiger partial charge in [-0.15, -0.1) is 10.2 Å². The van der Waals surface area contributed by atoms with Crippen molar-refractivity contribution >= 4 is 28.1 Å². The van der Waals surface area contributed by atoms with Crippen molar-refractivity contribution in [3.63, 3.8) is 0 Å². The maximum Gasteiger partial charge on any atom is 0.286 e. The predicted octanol–water partition coefficient (Wildman–Crippen LogP) is 2.67. The number of aromatic nitrogens is 2. The second-order valence-corrected chi connectivity index (χ2v) is 4.86. The number of rotatable bonds is 4. The summed E-state index contributed by atoms with van der Waals surface area (Å²) in [5.74, 6) is -0.943. The average Bonchev–Trinajstić information content (AvgIpc) is 2.83. The third kappa shape index (κ3) is 3.25. The molecule has 1 aromatic heterocycles. The van der Waals surface area contributed by atoms with Gasteiger partial charge in [0.1, 0.15) is 5.82 Å². The van der Waals surface area contributed by atoms with Gasteiger partial charge >= 0.3 is 0 Å². The fourth-order valence-corrected chi connectivity index (χ4v) is 2.16. The van der Waals surface area contributed by atoms with Gasteiger partial charge in [-0.25, -0.2) is 4.39 Å². The Hall–Kier alpha value is -2.02. The van der Waals surface area contributed by atoms with Crippen LogP contribution in [-0.2, 0) is 0 Å². The molecule has 0 unspecified atom stereocenters. The smallest absolute Gasteiger partial charge is 0.286 e. The second kappa shape index (κ2) is 5.75. The van der Waals surface area contributed by atoms with E-state index in [9.17, 15) is 9.18 Å². The van der Waals surface area contributed by atoms with E-state index in [2.05, 4.69) is 20.8 Å². The summed E-state index contributed by atoms with van der Waals surface area (Å²) in [6.07, 6.45) is 0. The predicted molar refractivity (Wildman–Crippen MR) is 73.2 cm³/mol. The zero-order chi connectivity index (χ0) is 13.8. The van der Waals surface area contributed by atoms with E-state index in [1.54, 1.807) is 12.1 Å². The van der Waals surface area contributed by atoms with Crippen LogP contribution in [0.2, 0.25) is 0 Å². The van der Waals surface area contributed by atoms with Gasteiger partial charge in [0.05, 0.1) is 5.69 Å². The Bertz CT molecular complexity index is 599. The number of anilines is 2. The Morgan fingerprint density at radius 1 is 1.42 bits per heavy atom. The Morgan fingerprint density at radius 3 is 2.95 bits per heavy atom. The third-order valence-corrected chi connectivity index (χ3v) is 3.20. The van der Waals surface area contributed by atoms with Crippen LogP contribution in [0.15, 0.2) is 18.2 Å². The van der Waals surface area contributed by atoms with Gasteiger partial charge in [0.2, 0.25) is 10.1 Å². The van der Waals surface area contributed by atoms with Crippen LogP contribution in [-0.4, -0.2) is 22.6 Å². The number of hydrogen-bond donors (Lipinski definition) is 2. The summed E-state index contributed by atoms with van der Waals surface area (Å²) in [6.45, 7) is 4.44. The number of carbonyl (C=O) groups excluding carboxylic acids is 1. The first-order chi connectivity index (χ1) is 9.10. The number of nitrogens with zero attached hydrogens (tertiary/aromatic N) is 2. The molecule has 2 N–H and O–H groups in total. The number of hydrogen-bond acceptors (Lipinski definition) is 5. The highest BCUT2D eigenvalue weighted by Crippen LogP contribution is 2.19. The van der Waals surface area contributed by atoms with Gasteiger partial charge in [-0.3, -0.25) is 4.79 Å². The van der Waals surface area contributed by atoms with E-state index in [0.29, 0.717) is 11.7 Å². The highest BCUT2D eigenvalue weighted by molar-refractivity contribution is 7.17. The minimum Gasteiger partial charge on any atom is -0.360 e. The fraction of sp³-hybridized carbons (Fsp3) is 0.250. The first-order valence-electron chi connectivity index (χ1n) is 5.75. The van der Waals surface area contributed by atoms with Gasteiger partial charge in [0.25, 0.3) is 5.91 Å². The lowest BCUT2D eigenvalue weighted by Gasteiger charge is -2.05.